The molecule has 0 aliphatic carbocycles. The summed E-state index contributed by atoms with van der Waals surface area (Å²) in [5.41, 5.74) is 0. The van der Waals surface area contributed by atoms with Crippen LogP contribution in [0.2, 0.25) is 0 Å². The van der Waals surface area contributed by atoms with Crippen molar-refractivity contribution in [3.63, 3.8) is 0 Å². The van der Waals surface area contributed by atoms with Crippen molar-refractivity contribution >= 4 is 0 Å². The summed E-state index contributed by atoms with van der Waals surface area (Å²) in [4.78, 5) is 2.57. The molecule has 0 spiro atoms. The van der Waals surface area contributed by atoms with Crippen molar-refractivity contribution in [1.29, 1.82) is 0 Å². The van der Waals surface area contributed by atoms with Gasteiger partial charge in [-0.25, -0.2) is 0 Å². The number of hydrogen-bond acceptors (Lipinski definition) is 3. The summed E-state index contributed by atoms with van der Waals surface area (Å²) in [7, 11) is 0. The summed E-state index contributed by atoms with van der Waals surface area (Å²) < 4.78 is 5.79. The number of nitrogens with zero attached hydrogens (tertiary/aromatic N) is 1. The zero-order chi connectivity index (χ0) is 10.8. The molecule has 0 aromatic heterocycles. The van der Waals surface area contributed by atoms with E-state index in [-0.39, 0.29) is 0 Å². The molecule has 0 radical (unpaired) electrons. The minimum Gasteiger partial charge on any atom is -0.361 e. The summed E-state index contributed by atoms with van der Waals surface area (Å²) in [6.45, 7) is 10.1. The van der Waals surface area contributed by atoms with Gasteiger partial charge in [0.15, 0.2) is 0 Å². The molecule has 2 fully saturated rings. The summed E-state index contributed by atoms with van der Waals surface area (Å²) in [5, 5.41) is 3.53. The number of rotatable bonds is 2. The van der Waals surface area contributed by atoms with Crippen LogP contribution in [0.25, 0.3) is 0 Å². The van der Waals surface area contributed by atoms with E-state index in [1.807, 2.05) is 0 Å². The van der Waals surface area contributed by atoms with Gasteiger partial charge < -0.3 is 9.64 Å². The van der Waals surface area contributed by atoms with Crippen LogP contribution >= 0.6 is 0 Å². The van der Waals surface area contributed by atoms with Crippen molar-refractivity contribution in [2.75, 3.05) is 19.7 Å². The van der Waals surface area contributed by atoms with Crippen molar-refractivity contribution in [2.45, 2.75) is 51.9 Å². The predicted molar refractivity (Wildman–Crippen MR) is 61.8 cm³/mol. The smallest absolute Gasteiger partial charge is 0.112 e. The maximum atomic E-state index is 5.79. The van der Waals surface area contributed by atoms with Crippen molar-refractivity contribution in [1.82, 2.24) is 10.2 Å². The van der Waals surface area contributed by atoms with Gasteiger partial charge in [0.25, 0.3) is 0 Å². The van der Waals surface area contributed by atoms with Crippen LogP contribution in [0.3, 0.4) is 0 Å². The second-order valence-corrected chi connectivity index (χ2v) is 5.31. The molecule has 3 unspecified atom stereocenters. The van der Waals surface area contributed by atoms with E-state index in [1.54, 1.807) is 0 Å². The van der Waals surface area contributed by atoms with Gasteiger partial charge in [-0.2, -0.15) is 0 Å². The highest BCUT2D eigenvalue weighted by atomic mass is 16.5. The normalized spacial score (nSPS) is 38.8. The molecule has 0 bridgehead atoms. The Morgan fingerprint density at radius 3 is 2.80 bits per heavy atom. The molecule has 0 aromatic carbocycles. The van der Waals surface area contributed by atoms with Gasteiger partial charge in [-0.15, -0.1) is 0 Å². The maximum Gasteiger partial charge on any atom is 0.112 e. The van der Waals surface area contributed by atoms with Gasteiger partial charge in [0.1, 0.15) is 6.23 Å². The first-order chi connectivity index (χ1) is 7.16. The lowest BCUT2D eigenvalue weighted by Gasteiger charge is -2.37. The second-order valence-electron chi connectivity index (χ2n) is 5.31. The third-order valence-corrected chi connectivity index (χ3v) is 3.62. The largest absolute Gasteiger partial charge is 0.361 e. The Morgan fingerprint density at radius 1 is 1.40 bits per heavy atom. The molecule has 0 amide bonds. The van der Waals surface area contributed by atoms with E-state index in [0.717, 1.165) is 6.61 Å². The standard InChI is InChI=1S/C12H24N2O/c1-9(2)14-6-4-5-11(7-14)12-13-10(3)8-15-12/h9-13H,4-8H2,1-3H3. The molecule has 88 valence electrons. The van der Waals surface area contributed by atoms with Crippen LogP contribution in [0, 0.1) is 5.92 Å². The van der Waals surface area contributed by atoms with E-state index < -0.39 is 0 Å². The van der Waals surface area contributed by atoms with Gasteiger partial charge in [-0.1, -0.05) is 0 Å². The Hall–Kier alpha value is -0.120. The van der Waals surface area contributed by atoms with Crippen LogP contribution in [-0.2, 0) is 4.74 Å². The van der Waals surface area contributed by atoms with E-state index in [2.05, 4.69) is 31.0 Å². The van der Waals surface area contributed by atoms with Crippen LogP contribution in [0.4, 0.5) is 0 Å². The quantitative estimate of drug-likeness (QED) is 0.749. The average molecular weight is 212 g/mol. The van der Waals surface area contributed by atoms with Gasteiger partial charge >= 0.3 is 0 Å². The Morgan fingerprint density at radius 2 is 2.20 bits per heavy atom. The van der Waals surface area contributed by atoms with Gasteiger partial charge in [-0.05, 0) is 40.2 Å². The van der Waals surface area contributed by atoms with Crippen molar-refractivity contribution in [3.05, 3.63) is 0 Å². The molecule has 0 saturated carbocycles. The lowest BCUT2D eigenvalue weighted by molar-refractivity contribution is 0.00917. The topological polar surface area (TPSA) is 24.5 Å². The molecule has 2 rings (SSSR count). The van der Waals surface area contributed by atoms with E-state index in [4.69, 9.17) is 4.74 Å². The second kappa shape index (κ2) is 4.81. The number of piperidine rings is 1. The minimum absolute atomic E-state index is 0.307. The Labute approximate surface area is 93.2 Å². The predicted octanol–water partition coefficient (Wildman–Crippen LogP) is 1.44. The zero-order valence-electron chi connectivity index (χ0n) is 10.2. The Kier molecular flexibility index (Phi) is 3.65. The molecule has 0 aromatic rings. The monoisotopic (exact) mass is 212 g/mol. The molecule has 2 aliphatic rings. The summed E-state index contributed by atoms with van der Waals surface area (Å²) in [6, 6.07) is 1.20. The highest BCUT2D eigenvalue weighted by Crippen LogP contribution is 2.24. The summed E-state index contributed by atoms with van der Waals surface area (Å²) >= 11 is 0. The summed E-state index contributed by atoms with van der Waals surface area (Å²) in [6.07, 6.45) is 2.94. The number of nitrogens with one attached hydrogen (secondary N) is 1. The molecule has 1 N–H and O–H groups in total. The first kappa shape index (κ1) is 11.4. The van der Waals surface area contributed by atoms with E-state index in [9.17, 15) is 0 Å². The van der Waals surface area contributed by atoms with Crippen molar-refractivity contribution in [3.8, 4) is 0 Å². The third-order valence-electron chi connectivity index (χ3n) is 3.62. The number of likely N-dealkylation sites (tertiary alicyclic amines) is 1. The molecular formula is C12H24N2O. The molecule has 3 nitrogen and oxygen atoms in total. The lowest BCUT2D eigenvalue weighted by Crippen LogP contribution is -2.47. The maximum absolute atomic E-state index is 5.79. The van der Waals surface area contributed by atoms with Crippen LogP contribution in [0.15, 0.2) is 0 Å². The fourth-order valence-corrected chi connectivity index (χ4v) is 2.65. The zero-order valence-corrected chi connectivity index (χ0v) is 10.2. The van der Waals surface area contributed by atoms with Crippen LogP contribution in [0.5, 0.6) is 0 Å². The van der Waals surface area contributed by atoms with Gasteiger partial charge in [0.05, 0.1) is 6.61 Å². The highest BCUT2D eigenvalue weighted by Gasteiger charge is 2.32. The fourth-order valence-electron chi connectivity index (χ4n) is 2.65. The van der Waals surface area contributed by atoms with Gasteiger partial charge in [0.2, 0.25) is 0 Å². The fraction of sp³-hybridized carbons (Fsp3) is 1.00. The van der Waals surface area contributed by atoms with Crippen LogP contribution < -0.4 is 5.32 Å². The minimum atomic E-state index is 0.307. The molecule has 15 heavy (non-hydrogen) atoms. The van der Waals surface area contributed by atoms with Crippen LogP contribution in [0.1, 0.15) is 33.6 Å². The molecular weight excluding hydrogens is 188 g/mol. The van der Waals surface area contributed by atoms with E-state index in [0.29, 0.717) is 24.2 Å². The molecule has 2 saturated heterocycles. The number of ether oxygens (including phenoxy) is 1. The summed E-state index contributed by atoms with van der Waals surface area (Å²) in [5.74, 6) is 0.686. The van der Waals surface area contributed by atoms with E-state index in [1.165, 1.54) is 25.9 Å². The van der Waals surface area contributed by atoms with Gasteiger partial charge in [-0.3, -0.25) is 5.32 Å². The average Bonchev–Trinajstić information content (AvgIpc) is 2.65. The third kappa shape index (κ3) is 2.71. The molecule has 2 heterocycles. The van der Waals surface area contributed by atoms with Gasteiger partial charge in [0, 0.05) is 24.5 Å². The lowest BCUT2D eigenvalue weighted by atomic mass is 9.95. The Bertz CT molecular complexity index is 208. The Balaban J connectivity index is 1.87. The number of hydrogen-bond donors (Lipinski definition) is 1. The van der Waals surface area contributed by atoms with Crippen molar-refractivity contribution in [2.24, 2.45) is 5.92 Å². The highest BCUT2D eigenvalue weighted by molar-refractivity contribution is 4.83. The first-order valence-corrected chi connectivity index (χ1v) is 6.28. The molecule has 2 aliphatic heterocycles. The van der Waals surface area contributed by atoms with Crippen molar-refractivity contribution < 1.29 is 4.74 Å². The van der Waals surface area contributed by atoms with E-state index >= 15 is 0 Å². The molecule has 3 atom stereocenters. The SMILES string of the molecule is CC1COC(C2CCCN(C(C)C)C2)N1. The first-order valence-electron chi connectivity index (χ1n) is 6.28. The van der Waals surface area contributed by atoms with Crippen LogP contribution in [-0.4, -0.2) is 42.9 Å². The molecule has 3 heteroatoms.